The summed E-state index contributed by atoms with van der Waals surface area (Å²) in [7, 11) is 0. The molecule has 20 heavy (non-hydrogen) atoms. The molecule has 5 heteroatoms. The number of nitrogens with one attached hydrogen (secondary N) is 1. The standard InChI is InChI=1S/C15H13N3OS/c1-10-17-14(9-20-10)15(19)16-8-12-7-6-11-4-2-3-5-13(11)18-12/h2-7,9H,8H2,1H3,(H,16,19). The molecule has 0 saturated heterocycles. The third kappa shape index (κ3) is 2.67. The lowest BCUT2D eigenvalue weighted by Crippen LogP contribution is -2.23. The molecule has 2 heterocycles. The number of fused-ring (bicyclic) bond motifs is 1. The van der Waals surface area contributed by atoms with Gasteiger partial charge in [0.15, 0.2) is 0 Å². The van der Waals surface area contributed by atoms with Gasteiger partial charge in [-0.15, -0.1) is 11.3 Å². The third-order valence-corrected chi connectivity index (χ3v) is 3.71. The van der Waals surface area contributed by atoms with E-state index in [1.54, 1.807) is 5.38 Å². The summed E-state index contributed by atoms with van der Waals surface area (Å²) in [5.41, 5.74) is 2.24. The Kier molecular flexibility index (Phi) is 3.43. The van der Waals surface area contributed by atoms with E-state index in [-0.39, 0.29) is 5.91 Å². The zero-order valence-corrected chi connectivity index (χ0v) is 11.8. The first-order chi connectivity index (χ1) is 9.72. The number of pyridine rings is 1. The molecule has 100 valence electrons. The van der Waals surface area contributed by atoms with E-state index >= 15 is 0 Å². The van der Waals surface area contributed by atoms with Crippen molar-refractivity contribution < 1.29 is 4.79 Å². The van der Waals surface area contributed by atoms with Gasteiger partial charge in [-0.1, -0.05) is 24.3 Å². The summed E-state index contributed by atoms with van der Waals surface area (Å²) < 4.78 is 0. The molecule has 0 bridgehead atoms. The number of amides is 1. The molecular weight excluding hydrogens is 270 g/mol. The second-order valence-electron chi connectivity index (χ2n) is 4.43. The van der Waals surface area contributed by atoms with Crippen LogP contribution < -0.4 is 5.32 Å². The van der Waals surface area contributed by atoms with Crippen LogP contribution in [0.1, 0.15) is 21.2 Å². The van der Waals surface area contributed by atoms with E-state index in [2.05, 4.69) is 15.3 Å². The van der Waals surface area contributed by atoms with Crippen LogP contribution in [0.5, 0.6) is 0 Å². The average molecular weight is 283 g/mol. The fourth-order valence-electron chi connectivity index (χ4n) is 1.94. The molecule has 0 fully saturated rings. The van der Waals surface area contributed by atoms with Gasteiger partial charge in [-0.25, -0.2) is 4.98 Å². The van der Waals surface area contributed by atoms with E-state index in [0.29, 0.717) is 12.2 Å². The van der Waals surface area contributed by atoms with Crippen molar-refractivity contribution in [1.82, 2.24) is 15.3 Å². The second-order valence-corrected chi connectivity index (χ2v) is 5.49. The van der Waals surface area contributed by atoms with Crippen molar-refractivity contribution >= 4 is 28.1 Å². The minimum atomic E-state index is -0.163. The molecule has 4 nitrogen and oxygen atoms in total. The first-order valence-corrected chi connectivity index (χ1v) is 7.15. The first kappa shape index (κ1) is 12.7. The van der Waals surface area contributed by atoms with Crippen molar-refractivity contribution in [3.63, 3.8) is 0 Å². The van der Waals surface area contributed by atoms with Crippen molar-refractivity contribution in [3.05, 3.63) is 58.2 Å². The number of aryl methyl sites for hydroxylation is 1. The Labute approximate surface area is 120 Å². The largest absolute Gasteiger partial charge is 0.345 e. The van der Waals surface area contributed by atoms with Gasteiger partial charge in [0.05, 0.1) is 22.8 Å². The minimum Gasteiger partial charge on any atom is -0.345 e. The number of carbonyl (C=O) groups excluding carboxylic acids is 1. The van der Waals surface area contributed by atoms with E-state index in [9.17, 15) is 4.79 Å². The third-order valence-electron chi connectivity index (χ3n) is 2.94. The lowest BCUT2D eigenvalue weighted by molar-refractivity contribution is 0.0946. The van der Waals surface area contributed by atoms with Crippen LogP contribution in [0, 0.1) is 6.92 Å². The van der Waals surface area contributed by atoms with E-state index in [0.717, 1.165) is 21.6 Å². The molecule has 0 unspecified atom stereocenters. The molecule has 0 spiro atoms. The van der Waals surface area contributed by atoms with Crippen LogP contribution in [-0.2, 0) is 6.54 Å². The fourth-order valence-corrected chi connectivity index (χ4v) is 2.53. The van der Waals surface area contributed by atoms with Gasteiger partial charge < -0.3 is 5.32 Å². The van der Waals surface area contributed by atoms with Crippen LogP contribution in [0.4, 0.5) is 0 Å². The SMILES string of the molecule is Cc1nc(C(=O)NCc2ccc3ccccc3n2)cs1. The molecule has 1 N–H and O–H groups in total. The minimum absolute atomic E-state index is 0.163. The maximum Gasteiger partial charge on any atom is 0.271 e. The Balaban J connectivity index is 1.72. The predicted octanol–water partition coefficient (Wildman–Crippen LogP) is 2.93. The van der Waals surface area contributed by atoms with Gasteiger partial charge in [0, 0.05) is 10.8 Å². The lowest BCUT2D eigenvalue weighted by Gasteiger charge is -2.04. The summed E-state index contributed by atoms with van der Waals surface area (Å²) >= 11 is 1.47. The molecule has 1 amide bonds. The number of carbonyl (C=O) groups is 1. The number of rotatable bonds is 3. The number of hydrogen-bond acceptors (Lipinski definition) is 4. The van der Waals surface area contributed by atoms with Crippen molar-refractivity contribution in [3.8, 4) is 0 Å². The van der Waals surface area contributed by atoms with E-state index in [1.165, 1.54) is 11.3 Å². The average Bonchev–Trinajstić information content (AvgIpc) is 2.91. The molecule has 0 saturated carbocycles. The van der Waals surface area contributed by atoms with E-state index in [4.69, 9.17) is 0 Å². The first-order valence-electron chi connectivity index (χ1n) is 6.27. The van der Waals surface area contributed by atoms with Crippen molar-refractivity contribution in [1.29, 1.82) is 0 Å². The number of benzene rings is 1. The second kappa shape index (κ2) is 5.38. The summed E-state index contributed by atoms with van der Waals surface area (Å²) in [6, 6.07) is 11.9. The van der Waals surface area contributed by atoms with Gasteiger partial charge in [0.1, 0.15) is 5.69 Å². The highest BCUT2D eigenvalue weighted by Gasteiger charge is 2.09. The molecule has 2 aromatic heterocycles. The zero-order valence-electron chi connectivity index (χ0n) is 11.0. The van der Waals surface area contributed by atoms with Crippen LogP contribution in [0.25, 0.3) is 10.9 Å². The highest BCUT2D eigenvalue weighted by Crippen LogP contribution is 2.12. The monoisotopic (exact) mass is 283 g/mol. The summed E-state index contributed by atoms with van der Waals surface area (Å²) in [5.74, 6) is -0.163. The summed E-state index contributed by atoms with van der Waals surface area (Å²) in [6.45, 7) is 2.28. The maximum atomic E-state index is 11.9. The van der Waals surface area contributed by atoms with Crippen LogP contribution >= 0.6 is 11.3 Å². The molecule has 0 aliphatic carbocycles. The molecule has 3 rings (SSSR count). The van der Waals surface area contributed by atoms with Gasteiger partial charge >= 0.3 is 0 Å². The topological polar surface area (TPSA) is 54.9 Å². The maximum absolute atomic E-state index is 11.9. The number of hydrogen-bond donors (Lipinski definition) is 1. The summed E-state index contributed by atoms with van der Waals surface area (Å²) in [6.07, 6.45) is 0. The van der Waals surface area contributed by atoms with Crippen LogP contribution in [0.2, 0.25) is 0 Å². The Morgan fingerprint density at radius 1 is 1.20 bits per heavy atom. The van der Waals surface area contributed by atoms with Gasteiger partial charge in [0.25, 0.3) is 5.91 Å². The highest BCUT2D eigenvalue weighted by molar-refractivity contribution is 7.09. The van der Waals surface area contributed by atoms with Gasteiger partial charge in [-0.3, -0.25) is 9.78 Å². The summed E-state index contributed by atoms with van der Waals surface area (Å²) in [4.78, 5) is 20.6. The molecule has 0 atom stereocenters. The predicted molar refractivity (Wildman–Crippen MR) is 79.8 cm³/mol. The molecule has 0 aliphatic rings. The fraction of sp³-hybridized carbons (Fsp3) is 0.133. The molecule has 3 aromatic rings. The van der Waals surface area contributed by atoms with Gasteiger partial charge in [-0.2, -0.15) is 0 Å². The van der Waals surface area contributed by atoms with Crippen LogP contribution in [0.3, 0.4) is 0 Å². The van der Waals surface area contributed by atoms with E-state index < -0.39 is 0 Å². The Hall–Kier alpha value is -2.27. The van der Waals surface area contributed by atoms with Crippen molar-refractivity contribution in [2.24, 2.45) is 0 Å². The highest BCUT2D eigenvalue weighted by atomic mass is 32.1. The molecule has 0 aliphatic heterocycles. The normalized spacial score (nSPS) is 10.7. The van der Waals surface area contributed by atoms with Gasteiger partial charge in [-0.05, 0) is 19.1 Å². The van der Waals surface area contributed by atoms with Crippen LogP contribution in [-0.4, -0.2) is 15.9 Å². The molecule has 1 aromatic carbocycles. The van der Waals surface area contributed by atoms with Crippen molar-refractivity contribution in [2.45, 2.75) is 13.5 Å². The zero-order chi connectivity index (χ0) is 13.9. The Morgan fingerprint density at radius 2 is 2.05 bits per heavy atom. The molecule has 0 radical (unpaired) electrons. The smallest absolute Gasteiger partial charge is 0.271 e. The van der Waals surface area contributed by atoms with E-state index in [1.807, 2.05) is 43.3 Å². The Morgan fingerprint density at radius 3 is 2.85 bits per heavy atom. The lowest BCUT2D eigenvalue weighted by atomic mass is 10.2. The number of nitrogens with zero attached hydrogens (tertiary/aromatic N) is 2. The number of para-hydroxylation sites is 1. The van der Waals surface area contributed by atoms with Crippen molar-refractivity contribution in [2.75, 3.05) is 0 Å². The molecular formula is C15H13N3OS. The quantitative estimate of drug-likeness (QED) is 0.804. The number of thiazole rings is 1. The Bertz CT molecular complexity index is 766. The number of aromatic nitrogens is 2. The van der Waals surface area contributed by atoms with Gasteiger partial charge in [0.2, 0.25) is 0 Å². The van der Waals surface area contributed by atoms with Crippen LogP contribution in [0.15, 0.2) is 41.8 Å². The summed E-state index contributed by atoms with van der Waals surface area (Å²) in [5, 5.41) is 6.58.